The number of rotatable bonds is 3. The lowest BCUT2D eigenvalue weighted by atomic mass is 9.63. The van der Waals surface area contributed by atoms with E-state index in [4.69, 9.17) is 11.6 Å². The van der Waals surface area contributed by atoms with Gasteiger partial charge in [0.05, 0.1) is 0 Å². The van der Waals surface area contributed by atoms with Gasteiger partial charge in [-0.05, 0) is 66.5 Å². The van der Waals surface area contributed by atoms with Gasteiger partial charge in [-0.15, -0.1) is 11.6 Å². The topological polar surface area (TPSA) is 0 Å². The van der Waals surface area contributed by atoms with Crippen molar-refractivity contribution in [3.05, 3.63) is 35.4 Å². The zero-order chi connectivity index (χ0) is 15.7. The van der Waals surface area contributed by atoms with Crippen molar-refractivity contribution in [2.45, 2.75) is 52.9 Å². The molecule has 0 saturated heterocycles. The molecule has 0 atom stereocenters. The molecule has 0 radical (unpaired) electrons. The molecule has 0 aromatic heterocycles. The van der Waals surface area contributed by atoms with E-state index in [1.807, 2.05) is 0 Å². The Hall–Kier alpha value is -0.630. The van der Waals surface area contributed by atoms with Gasteiger partial charge in [0.2, 0.25) is 0 Å². The predicted molar refractivity (Wildman–Crippen MR) is 84.6 cm³/mol. The normalized spacial score (nSPS) is 26.9. The monoisotopic (exact) mass is 314 g/mol. The molecule has 2 rings (SSSR count). The molecule has 0 unspecified atom stereocenters. The van der Waals surface area contributed by atoms with Crippen LogP contribution < -0.4 is 0 Å². The third-order valence-corrected chi connectivity index (χ3v) is 5.62. The minimum atomic E-state index is -0.502. The molecule has 0 nitrogen and oxygen atoms in total. The first-order valence-corrected chi connectivity index (χ1v) is 8.28. The van der Waals surface area contributed by atoms with Gasteiger partial charge in [0.25, 0.3) is 0 Å². The maximum absolute atomic E-state index is 13.4. The maximum atomic E-state index is 13.4. The second kappa shape index (κ2) is 6.24. The molecule has 0 spiro atoms. The van der Waals surface area contributed by atoms with Gasteiger partial charge in [0.1, 0.15) is 11.6 Å². The van der Waals surface area contributed by atoms with Crippen LogP contribution in [0.3, 0.4) is 0 Å². The van der Waals surface area contributed by atoms with Crippen molar-refractivity contribution in [3.8, 4) is 0 Å². The lowest BCUT2D eigenvalue weighted by Gasteiger charge is -2.43. The first-order valence-electron chi connectivity index (χ1n) is 7.75. The van der Waals surface area contributed by atoms with E-state index in [0.717, 1.165) is 37.3 Å². The second-order valence-corrected chi connectivity index (χ2v) is 8.00. The van der Waals surface area contributed by atoms with Crippen LogP contribution >= 0.6 is 11.6 Å². The molecule has 0 aliphatic heterocycles. The van der Waals surface area contributed by atoms with Crippen LogP contribution in [0.2, 0.25) is 0 Å². The van der Waals surface area contributed by atoms with E-state index < -0.39 is 11.6 Å². The molecule has 1 aliphatic carbocycles. The highest BCUT2D eigenvalue weighted by molar-refractivity contribution is 6.18. The van der Waals surface area contributed by atoms with Crippen molar-refractivity contribution in [1.82, 2.24) is 0 Å². The SMILES string of the molecule is CC(C)(C)C1CCC(CCl)(Cc2cc(F)cc(F)c2)CC1. The largest absolute Gasteiger partial charge is 0.207 e. The average Bonchev–Trinajstić information content (AvgIpc) is 2.37. The standard InChI is InChI=1S/C18H25ClF2/c1-17(2,3)14-4-6-18(12-19,7-5-14)11-13-8-15(20)10-16(21)9-13/h8-10,14H,4-7,11-12H2,1-3H3. The Kier molecular flexibility index (Phi) is 4.97. The fourth-order valence-electron chi connectivity index (χ4n) is 3.60. The summed E-state index contributed by atoms with van der Waals surface area (Å²) in [5.41, 5.74) is 1.04. The summed E-state index contributed by atoms with van der Waals surface area (Å²) in [6.07, 6.45) is 5.04. The van der Waals surface area contributed by atoms with Crippen molar-refractivity contribution in [3.63, 3.8) is 0 Å². The van der Waals surface area contributed by atoms with Crippen molar-refractivity contribution in [2.75, 3.05) is 5.88 Å². The van der Waals surface area contributed by atoms with Crippen molar-refractivity contribution in [1.29, 1.82) is 0 Å². The van der Waals surface area contributed by atoms with Crippen LogP contribution in [0.25, 0.3) is 0 Å². The molecule has 0 N–H and O–H groups in total. The van der Waals surface area contributed by atoms with Gasteiger partial charge in [0.15, 0.2) is 0 Å². The van der Waals surface area contributed by atoms with Crippen molar-refractivity contribution >= 4 is 11.6 Å². The molecule has 1 saturated carbocycles. The zero-order valence-electron chi connectivity index (χ0n) is 13.2. The van der Waals surface area contributed by atoms with E-state index in [2.05, 4.69) is 20.8 Å². The highest BCUT2D eigenvalue weighted by Crippen LogP contribution is 2.47. The molecular weight excluding hydrogens is 290 g/mol. The molecule has 21 heavy (non-hydrogen) atoms. The van der Waals surface area contributed by atoms with Crippen LogP contribution in [-0.4, -0.2) is 5.88 Å². The van der Waals surface area contributed by atoms with Crippen LogP contribution in [0.15, 0.2) is 18.2 Å². The summed E-state index contributed by atoms with van der Waals surface area (Å²) in [6, 6.07) is 3.80. The van der Waals surface area contributed by atoms with Gasteiger partial charge in [-0.2, -0.15) is 0 Å². The first-order chi connectivity index (χ1) is 9.74. The molecule has 1 aromatic rings. The number of alkyl halides is 1. The van der Waals surface area contributed by atoms with Gasteiger partial charge < -0.3 is 0 Å². The molecule has 1 aliphatic rings. The Morgan fingerprint density at radius 3 is 2.05 bits per heavy atom. The van der Waals surface area contributed by atoms with Crippen LogP contribution in [0.5, 0.6) is 0 Å². The Bertz CT molecular complexity index is 462. The smallest absolute Gasteiger partial charge is 0.126 e. The number of halogens is 3. The Balaban J connectivity index is 2.10. The molecule has 0 heterocycles. The van der Waals surface area contributed by atoms with E-state index in [9.17, 15) is 8.78 Å². The molecule has 1 aromatic carbocycles. The Labute approximate surface area is 131 Å². The van der Waals surface area contributed by atoms with Gasteiger partial charge >= 0.3 is 0 Å². The summed E-state index contributed by atoms with van der Waals surface area (Å²) in [6.45, 7) is 6.86. The summed E-state index contributed by atoms with van der Waals surface area (Å²) < 4.78 is 26.7. The molecule has 0 amide bonds. The number of hydrogen-bond acceptors (Lipinski definition) is 0. The maximum Gasteiger partial charge on any atom is 0.126 e. The van der Waals surface area contributed by atoms with Gasteiger partial charge in [-0.3, -0.25) is 0 Å². The zero-order valence-corrected chi connectivity index (χ0v) is 13.9. The number of benzene rings is 1. The Morgan fingerprint density at radius 2 is 1.62 bits per heavy atom. The average molecular weight is 315 g/mol. The summed E-state index contributed by atoms with van der Waals surface area (Å²) in [4.78, 5) is 0. The molecule has 0 bridgehead atoms. The van der Waals surface area contributed by atoms with Gasteiger partial charge in [-0.25, -0.2) is 8.78 Å². The van der Waals surface area contributed by atoms with Crippen LogP contribution in [-0.2, 0) is 6.42 Å². The predicted octanol–water partition coefficient (Wildman–Crippen LogP) is 5.97. The van der Waals surface area contributed by atoms with E-state index in [1.165, 1.54) is 12.1 Å². The molecule has 3 heteroatoms. The quantitative estimate of drug-likeness (QED) is 0.603. The third kappa shape index (κ3) is 4.18. The van der Waals surface area contributed by atoms with Crippen molar-refractivity contribution < 1.29 is 8.78 Å². The Morgan fingerprint density at radius 1 is 1.10 bits per heavy atom. The summed E-state index contributed by atoms with van der Waals surface area (Å²) in [7, 11) is 0. The number of hydrogen-bond donors (Lipinski definition) is 0. The minimum Gasteiger partial charge on any atom is -0.207 e. The third-order valence-electron chi connectivity index (χ3n) is 5.06. The summed E-state index contributed by atoms with van der Waals surface area (Å²) >= 11 is 6.24. The van der Waals surface area contributed by atoms with Gasteiger partial charge in [0, 0.05) is 11.9 Å². The first kappa shape index (κ1) is 16.7. The molecule has 1 fully saturated rings. The van der Waals surface area contributed by atoms with Crippen molar-refractivity contribution in [2.24, 2.45) is 16.7 Å². The summed E-state index contributed by atoms with van der Waals surface area (Å²) in [5, 5.41) is 0. The van der Waals surface area contributed by atoms with E-state index >= 15 is 0 Å². The van der Waals surface area contributed by atoms with E-state index in [1.54, 1.807) is 0 Å². The van der Waals surface area contributed by atoms with E-state index in [-0.39, 0.29) is 5.41 Å². The van der Waals surface area contributed by atoms with Crippen LogP contribution in [0.4, 0.5) is 8.78 Å². The fourth-order valence-corrected chi connectivity index (χ4v) is 3.96. The van der Waals surface area contributed by atoms with Gasteiger partial charge in [-0.1, -0.05) is 20.8 Å². The summed E-state index contributed by atoms with van der Waals surface area (Å²) in [5.74, 6) is 0.261. The van der Waals surface area contributed by atoms with Crippen LogP contribution in [0.1, 0.15) is 52.0 Å². The fraction of sp³-hybridized carbons (Fsp3) is 0.667. The lowest BCUT2D eigenvalue weighted by molar-refractivity contribution is 0.102. The van der Waals surface area contributed by atoms with Crippen LogP contribution in [0, 0.1) is 28.4 Å². The lowest BCUT2D eigenvalue weighted by Crippen LogP contribution is -2.35. The minimum absolute atomic E-state index is 0.0104. The highest BCUT2D eigenvalue weighted by atomic mass is 35.5. The highest BCUT2D eigenvalue weighted by Gasteiger charge is 2.38. The molecule has 118 valence electrons. The molecular formula is C18H25ClF2. The van der Waals surface area contributed by atoms with E-state index in [0.29, 0.717) is 23.6 Å². The second-order valence-electron chi connectivity index (χ2n) is 7.73.